The minimum Gasteiger partial charge on any atom is -0.454 e. The minimum atomic E-state index is -0.267. The van der Waals surface area contributed by atoms with Gasteiger partial charge in [0.05, 0.1) is 0 Å². The summed E-state index contributed by atoms with van der Waals surface area (Å²) in [5, 5.41) is 2.83. The van der Waals surface area contributed by atoms with Gasteiger partial charge in [0.15, 0.2) is 11.5 Å². The highest BCUT2D eigenvalue weighted by molar-refractivity contribution is 6.02. The fourth-order valence-electron chi connectivity index (χ4n) is 2.60. The van der Waals surface area contributed by atoms with Crippen LogP contribution in [0.4, 0.5) is 11.4 Å². The summed E-state index contributed by atoms with van der Waals surface area (Å²) in [7, 11) is 0. The Morgan fingerprint density at radius 2 is 1.80 bits per heavy atom. The van der Waals surface area contributed by atoms with Crippen molar-refractivity contribution < 1.29 is 19.1 Å². The Morgan fingerprint density at radius 1 is 1.04 bits per heavy atom. The maximum absolute atomic E-state index is 12.4. The molecule has 0 atom stereocenters. The molecular weight excluding hydrogens is 320 g/mol. The third-order valence-corrected chi connectivity index (χ3v) is 4.14. The van der Waals surface area contributed by atoms with Gasteiger partial charge in [0.1, 0.15) is 6.54 Å². The molecule has 3 rings (SSSR count). The van der Waals surface area contributed by atoms with Gasteiger partial charge in [-0.05, 0) is 49.2 Å². The molecule has 0 aliphatic carbocycles. The standard InChI is InChI=1S/C19H20N2O4/c1-12-4-5-15(8-13(12)2)20-19(23)10-21(14(3)22)16-6-7-17-18(9-16)25-11-24-17/h4-9H,10-11H2,1-3H3,(H,20,23). The first-order valence-electron chi connectivity index (χ1n) is 7.99. The Bertz CT molecular complexity index is 832. The smallest absolute Gasteiger partial charge is 0.244 e. The Hall–Kier alpha value is -3.02. The van der Waals surface area contributed by atoms with Crippen molar-refractivity contribution in [2.75, 3.05) is 23.6 Å². The van der Waals surface area contributed by atoms with E-state index in [0.29, 0.717) is 22.9 Å². The van der Waals surface area contributed by atoms with E-state index in [9.17, 15) is 9.59 Å². The number of ether oxygens (including phenoxy) is 2. The molecule has 0 radical (unpaired) electrons. The van der Waals surface area contributed by atoms with Crippen molar-refractivity contribution in [3.8, 4) is 11.5 Å². The molecule has 2 amide bonds. The van der Waals surface area contributed by atoms with Crippen LogP contribution in [0.1, 0.15) is 18.1 Å². The average Bonchev–Trinajstić information content (AvgIpc) is 3.03. The second-order valence-electron chi connectivity index (χ2n) is 5.99. The van der Waals surface area contributed by atoms with E-state index in [2.05, 4.69) is 5.32 Å². The number of hydrogen-bond donors (Lipinski definition) is 1. The zero-order valence-electron chi connectivity index (χ0n) is 14.5. The van der Waals surface area contributed by atoms with E-state index in [4.69, 9.17) is 9.47 Å². The number of nitrogens with zero attached hydrogens (tertiary/aromatic N) is 1. The van der Waals surface area contributed by atoms with Crippen molar-refractivity contribution in [3.05, 3.63) is 47.5 Å². The van der Waals surface area contributed by atoms with Crippen molar-refractivity contribution in [2.45, 2.75) is 20.8 Å². The van der Waals surface area contributed by atoms with E-state index < -0.39 is 0 Å². The van der Waals surface area contributed by atoms with Gasteiger partial charge in [-0.2, -0.15) is 0 Å². The fraction of sp³-hybridized carbons (Fsp3) is 0.263. The lowest BCUT2D eigenvalue weighted by Crippen LogP contribution is -2.36. The molecule has 0 saturated heterocycles. The average molecular weight is 340 g/mol. The Labute approximate surface area is 146 Å². The van der Waals surface area contributed by atoms with Crippen molar-refractivity contribution in [3.63, 3.8) is 0 Å². The van der Waals surface area contributed by atoms with Crippen LogP contribution >= 0.6 is 0 Å². The first kappa shape index (κ1) is 16.8. The van der Waals surface area contributed by atoms with Crippen LogP contribution in [-0.4, -0.2) is 25.2 Å². The summed E-state index contributed by atoms with van der Waals surface area (Å²) < 4.78 is 10.6. The van der Waals surface area contributed by atoms with E-state index >= 15 is 0 Å². The van der Waals surface area contributed by atoms with Gasteiger partial charge >= 0.3 is 0 Å². The Balaban J connectivity index is 1.74. The minimum absolute atomic E-state index is 0.0814. The van der Waals surface area contributed by atoms with Gasteiger partial charge in [-0.1, -0.05) is 6.07 Å². The van der Waals surface area contributed by atoms with E-state index in [1.165, 1.54) is 11.8 Å². The zero-order chi connectivity index (χ0) is 18.0. The van der Waals surface area contributed by atoms with Crippen LogP contribution in [0, 0.1) is 13.8 Å². The lowest BCUT2D eigenvalue weighted by atomic mass is 10.1. The van der Waals surface area contributed by atoms with E-state index in [1.54, 1.807) is 18.2 Å². The second-order valence-corrected chi connectivity index (χ2v) is 5.99. The van der Waals surface area contributed by atoms with Crippen LogP contribution in [0.15, 0.2) is 36.4 Å². The number of nitrogens with one attached hydrogen (secondary N) is 1. The van der Waals surface area contributed by atoms with E-state index in [-0.39, 0.29) is 25.2 Å². The third-order valence-electron chi connectivity index (χ3n) is 4.14. The van der Waals surface area contributed by atoms with Gasteiger partial charge in [0.25, 0.3) is 0 Å². The largest absolute Gasteiger partial charge is 0.454 e. The molecule has 0 spiro atoms. The summed E-state index contributed by atoms with van der Waals surface area (Å²) in [6.07, 6.45) is 0. The third kappa shape index (κ3) is 3.74. The molecule has 1 heterocycles. The summed E-state index contributed by atoms with van der Waals surface area (Å²) in [4.78, 5) is 25.8. The lowest BCUT2D eigenvalue weighted by Gasteiger charge is -2.21. The molecule has 1 N–H and O–H groups in total. The van der Waals surface area contributed by atoms with Gasteiger partial charge in [-0.3, -0.25) is 9.59 Å². The first-order chi connectivity index (χ1) is 11.9. The summed E-state index contributed by atoms with van der Waals surface area (Å²) >= 11 is 0. The molecule has 6 nitrogen and oxygen atoms in total. The number of amides is 2. The number of anilines is 2. The van der Waals surface area contributed by atoms with Crippen LogP contribution in [0.3, 0.4) is 0 Å². The van der Waals surface area contributed by atoms with Gasteiger partial charge < -0.3 is 19.7 Å². The molecule has 2 aromatic rings. The Kier molecular flexibility index (Phi) is 4.61. The molecule has 0 fully saturated rings. The molecule has 0 bridgehead atoms. The molecule has 0 aromatic heterocycles. The van der Waals surface area contributed by atoms with Crippen LogP contribution in [0.25, 0.3) is 0 Å². The zero-order valence-corrected chi connectivity index (χ0v) is 14.5. The molecule has 0 saturated carbocycles. The topological polar surface area (TPSA) is 67.9 Å². The number of fused-ring (bicyclic) bond motifs is 1. The van der Waals surface area contributed by atoms with Crippen molar-refractivity contribution >= 4 is 23.2 Å². The molecule has 1 aliphatic heterocycles. The summed E-state index contributed by atoms with van der Waals surface area (Å²) in [6, 6.07) is 10.9. The van der Waals surface area contributed by atoms with Crippen molar-refractivity contribution in [1.82, 2.24) is 0 Å². The van der Waals surface area contributed by atoms with Crippen LogP contribution in [0.2, 0.25) is 0 Å². The Morgan fingerprint density at radius 3 is 2.52 bits per heavy atom. The highest BCUT2D eigenvalue weighted by Crippen LogP contribution is 2.35. The maximum atomic E-state index is 12.4. The SMILES string of the molecule is CC(=O)N(CC(=O)Nc1ccc(C)c(C)c1)c1ccc2c(c1)OCO2. The maximum Gasteiger partial charge on any atom is 0.244 e. The predicted molar refractivity (Wildman–Crippen MR) is 95.1 cm³/mol. The molecule has 25 heavy (non-hydrogen) atoms. The number of aryl methyl sites for hydroxylation is 2. The summed E-state index contributed by atoms with van der Waals surface area (Å²) in [6.45, 7) is 5.50. The van der Waals surface area contributed by atoms with Crippen LogP contribution in [0.5, 0.6) is 11.5 Å². The van der Waals surface area contributed by atoms with Crippen molar-refractivity contribution in [2.24, 2.45) is 0 Å². The van der Waals surface area contributed by atoms with Crippen LogP contribution in [-0.2, 0) is 9.59 Å². The van der Waals surface area contributed by atoms with Gasteiger partial charge in [-0.15, -0.1) is 0 Å². The number of rotatable bonds is 4. The van der Waals surface area contributed by atoms with E-state index in [0.717, 1.165) is 11.1 Å². The lowest BCUT2D eigenvalue weighted by molar-refractivity contribution is -0.120. The first-order valence-corrected chi connectivity index (χ1v) is 7.99. The van der Waals surface area contributed by atoms with Crippen LogP contribution < -0.4 is 19.7 Å². The normalized spacial score (nSPS) is 12.0. The molecule has 130 valence electrons. The number of carbonyl (C=O) groups is 2. The summed E-state index contributed by atoms with van der Waals surface area (Å²) in [5.74, 6) is 0.704. The number of benzene rings is 2. The predicted octanol–water partition coefficient (Wildman–Crippen LogP) is 3.02. The number of hydrogen-bond acceptors (Lipinski definition) is 4. The molecule has 2 aromatic carbocycles. The number of carbonyl (C=O) groups excluding carboxylic acids is 2. The molecule has 1 aliphatic rings. The second kappa shape index (κ2) is 6.84. The highest BCUT2D eigenvalue weighted by Gasteiger charge is 2.20. The van der Waals surface area contributed by atoms with Gasteiger partial charge in [0, 0.05) is 24.4 Å². The molecular formula is C19H20N2O4. The quantitative estimate of drug-likeness (QED) is 0.929. The molecule has 0 unspecified atom stereocenters. The van der Waals surface area contributed by atoms with Gasteiger partial charge in [0.2, 0.25) is 18.6 Å². The van der Waals surface area contributed by atoms with E-state index in [1.807, 2.05) is 32.0 Å². The summed E-state index contributed by atoms with van der Waals surface area (Å²) in [5.41, 5.74) is 3.55. The van der Waals surface area contributed by atoms with Crippen molar-refractivity contribution in [1.29, 1.82) is 0 Å². The highest BCUT2D eigenvalue weighted by atomic mass is 16.7. The fourth-order valence-corrected chi connectivity index (χ4v) is 2.60. The molecule has 6 heteroatoms. The van der Waals surface area contributed by atoms with Gasteiger partial charge in [-0.25, -0.2) is 0 Å². The monoisotopic (exact) mass is 340 g/mol.